The maximum absolute atomic E-state index is 12.7. The van der Waals surface area contributed by atoms with E-state index in [1.54, 1.807) is 0 Å². The lowest BCUT2D eigenvalue weighted by molar-refractivity contribution is -0.120. The van der Waals surface area contributed by atoms with Gasteiger partial charge in [-0.3, -0.25) is 4.79 Å². The van der Waals surface area contributed by atoms with Gasteiger partial charge >= 0.3 is 0 Å². The van der Waals surface area contributed by atoms with Crippen molar-refractivity contribution in [3.8, 4) is 0 Å². The first kappa shape index (κ1) is 42.9. The van der Waals surface area contributed by atoms with Crippen LogP contribution in [0.2, 0.25) is 0 Å². The van der Waals surface area contributed by atoms with Crippen molar-refractivity contribution in [3.63, 3.8) is 0 Å². The highest BCUT2D eigenvalue weighted by Crippen LogP contribution is 2.23. The molecule has 0 saturated heterocycles. The molecule has 0 bridgehead atoms. The number of hydrogen-bond donors (Lipinski definition) is 0. The van der Waals surface area contributed by atoms with Gasteiger partial charge in [-0.2, -0.15) is 0 Å². The van der Waals surface area contributed by atoms with Gasteiger partial charge in [-0.25, -0.2) is 0 Å². The van der Waals surface area contributed by atoms with Crippen molar-refractivity contribution in [3.05, 3.63) is 36.5 Å². The molecule has 0 saturated carbocycles. The van der Waals surface area contributed by atoms with Gasteiger partial charge in [0.1, 0.15) is 5.78 Å². The maximum atomic E-state index is 12.7. The molecule has 0 aliphatic heterocycles. The Bertz CT molecular complexity index is 661. The number of carbonyl (C=O) groups excluding carboxylic acids is 1. The van der Waals surface area contributed by atoms with E-state index in [4.69, 9.17) is 0 Å². The van der Waals surface area contributed by atoms with E-state index >= 15 is 0 Å². The van der Waals surface area contributed by atoms with E-state index in [9.17, 15) is 4.79 Å². The average Bonchev–Trinajstić information content (AvgIpc) is 3.00. The molecule has 2 heteroatoms. The van der Waals surface area contributed by atoms with Crippen LogP contribution < -0.4 is 0 Å². The standard InChI is InChI=1S/C42H79NO/c1-5-7-9-11-13-15-17-19-21-23-25-27-29-31-33-36-41(40-42(44)38-35-39-43(3)4)37-34-32-30-28-26-24-22-20-18-16-14-12-10-8-6-2/h11,13,17-20,41H,5-10,12,14-16,21-40H2,1-4H3/b13-11-,19-17-,20-18-. The molecule has 0 fully saturated rings. The van der Waals surface area contributed by atoms with Gasteiger partial charge in [-0.1, -0.05) is 166 Å². The highest BCUT2D eigenvalue weighted by Gasteiger charge is 2.14. The van der Waals surface area contributed by atoms with E-state index in [0.29, 0.717) is 11.7 Å². The Balaban J connectivity index is 4.00. The van der Waals surface area contributed by atoms with Crippen LogP contribution in [0.1, 0.15) is 200 Å². The van der Waals surface area contributed by atoms with Gasteiger partial charge in [0.2, 0.25) is 0 Å². The van der Waals surface area contributed by atoms with Crippen molar-refractivity contribution in [1.82, 2.24) is 4.90 Å². The number of nitrogens with zero attached hydrogens (tertiary/aromatic N) is 1. The Kier molecular flexibility index (Phi) is 35.4. The fourth-order valence-electron chi connectivity index (χ4n) is 6.10. The lowest BCUT2D eigenvalue weighted by Crippen LogP contribution is -2.15. The van der Waals surface area contributed by atoms with Crippen LogP contribution in [-0.4, -0.2) is 31.3 Å². The molecule has 0 N–H and O–H groups in total. The topological polar surface area (TPSA) is 20.3 Å². The minimum atomic E-state index is 0.510. The first-order valence-electron chi connectivity index (χ1n) is 19.7. The molecule has 0 aliphatic rings. The van der Waals surface area contributed by atoms with Crippen molar-refractivity contribution < 1.29 is 4.79 Å². The summed E-state index contributed by atoms with van der Waals surface area (Å²) in [6.07, 6.45) is 51.2. The highest BCUT2D eigenvalue weighted by atomic mass is 16.1. The highest BCUT2D eigenvalue weighted by molar-refractivity contribution is 5.78. The summed E-state index contributed by atoms with van der Waals surface area (Å²) in [7, 11) is 4.20. The predicted molar refractivity (Wildman–Crippen MR) is 200 cm³/mol. The average molecular weight is 614 g/mol. The van der Waals surface area contributed by atoms with Gasteiger partial charge in [0, 0.05) is 12.8 Å². The zero-order valence-corrected chi connectivity index (χ0v) is 30.6. The second-order valence-electron chi connectivity index (χ2n) is 13.9. The molecule has 0 rings (SSSR count). The van der Waals surface area contributed by atoms with Crippen molar-refractivity contribution in [2.45, 2.75) is 200 Å². The third-order valence-corrected chi connectivity index (χ3v) is 9.01. The van der Waals surface area contributed by atoms with Crippen molar-refractivity contribution in [2.75, 3.05) is 20.6 Å². The fraction of sp³-hybridized carbons (Fsp3) is 0.833. The normalized spacial score (nSPS) is 12.9. The van der Waals surface area contributed by atoms with E-state index in [0.717, 1.165) is 32.2 Å². The second-order valence-corrected chi connectivity index (χ2v) is 13.9. The number of Topliss-reactive ketones (excluding diaryl/α,β-unsaturated/α-hetero) is 1. The van der Waals surface area contributed by atoms with Gasteiger partial charge in [-0.05, 0) is 84.3 Å². The third kappa shape index (κ3) is 35.3. The molecule has 0 aromatic rings. The summed E-state index contributed by atoms with van der Waals surface area (Å²) in [6.45, 7) is 5.56. The quantitative estimate of drug-likeness (QED) is 0.0523. The molecular weight excluding hydrogens is 534 g/mol. The molecule has 0 aromatic carbocycles. The van der Waals surface area contributed by atoms with Crippen molar-refractivity contribution >= 4 is 5.78 Å². The number of rotatable bonds is 35. The molecule has 1 atom stereocenters. The van der Waals surface area contributed by atoms with Gasteiger partial charge in [0.15, 0.2) is 0 Å². The van der Waals surface area contributed by atoms with E-state index < -0.39 is 0 Å². The molecule has 1 unspecified atom stereocenters. The molecule has 0 aromatic heterocycles. The van der Waals surface area contributed by atoms with E-state index in [1.807, 2.05) is 0 Å². The summed E-state index contributed by atoms with van der Waals surface area (Å²) in [6, 6.07) is 0. The monoisotopic (exact) mass is 614 g/mol. The summed E-state index contributed by atoms with van der Waals surface area (Å²) in [4.78, 5) is 14.9. The van der Waals surface area contributed by atoms with Crippen molar-refractivity contribution in [2.24, 2.45) is 5.92 Å². The van der Waals surface area contributed by atoms with Crippen LogP contribution in [0.5, 0.6) is 0 Å². The number of allylic oxidation sites excluding steroid dienone is 6. The number of carbonyl (C=O) groups is 1. The summed E-state index contributed by atoms with van der Waals surface area (Å²) < 4.78 is 0. The zero-order valence-electron chi connectivity index (χ0n) is 30.6. The van der Waals surface area contributed by atoms with Gasteiger partial charge < -0.3 is 4.90 Å². The fourth-order valence-corrected chi connectivity index (χ4v) is 6.10. The summed E-state index contributed by atoms with van der Waals surface area (Å²) in [5.41, 5.74) is 0. The summed E-state index contributed by atoms with van der Waals surface area (Å²) >= 11 is 0. The Hall–Kier alpha value is -1.15. The van der Waals surface area contributed by atoms with Crippen LogP contribution in [0.3, 0.4) is 0 Å². The van der Waals surface area contributed by atoms with Crippen LogP contribution in [0.25, 0.3) is 0 Å². The Morgan fingerprint density at radius 1 is 0.500 bits per heavy atom. The maximum Gasteiger partial charge on any atom is 0.133 e. The first-order valence-corrected chi connectivity index (χ1v) is 19.7. The molecule has 44 heavy (non-hydrogen) atoms. The molecule has 258 valence electrons. The molecule has 0 heterocycles. The van der Waals surface area contributed by atoms with Gasteiger partial charge in [0.05, 0.1) is 0 Å². The molecule has 0 radical (unpaired) electrons. The van der Waals surface area contributed by atoms with Gasteiger partial charge in [-0.15, -0.1) is 0 Å². The molecule has 0 amide bonds. The predicted octanol–water partition coefficient (Wildman–Crippen LogP) is 13.8. The molecule has 0 spiro atoms. The minimum Gasteiger partial charge on any atom is -0.309 e. The van der Waals surface area contributed by atoms with Gasteiger partial charge in [0.25, 0.3) is 0 Å². The smallest absolute Gasteiger partial charge is 0.133 e. The van der Waals surface area contributed by atoms with Crippen LogP contribution in [-0.2, 0) is 4.79 Å². The lowest BCUT2D eigenvalue weighted by atomic mass is 9.89. The first-order chi connectivity index (χ1) is 21.6. The van der Waals surface area contributed by atoms with Crippen LogP contribution in [0.4, 0.5) is 0 Å². The Morgan fingerprint density at radius 2 is 0.909 bits per heavy atom. The number of hydrogen-bond acceptors (Lipinski definition) is 2. The minimum absolute atomic E-state index is 0.510. The van der Waals surface area contributed by atoms with E-state index in [2.05, 4.69) is 69.3 Å². The molecular formula is C42H79NO. The molecule has 0 aliphatic carbocycles. The number of ketones is 1. The zero-order chi connectivity index (χ0) is 32.2. The third-order valence-electron chi connectivity index (χ3n) is 9.01. The van der Waals surface area contributed by atoms with Crippen molar-refractivity contribution in [1.29, 1.82) is 0 Å². The lowest BCUT2D eigenvalue weighted by Gasteiger charge is -2.17. The largest absolute Gasteiger partial charge is 0.309 e. The van der Waals surface area contributed by atoms with Crippen LogP contribution in [0.15, 0.2) is 36.5 Å². The van der Waals surface area contributed by atoms with Crippen LogP contribution in [0, 0.1) is 5.92 Å². The summed E-state index contributed by atoms with van der Waals surface area (Å²) in [5, 5.41) is 0. The van der Waals surface area contributed by atoms with E-state index in [1.165, 1.54) is 161 Å². The summed E-state index contributed by atoms with van der Waals surface area (Å²) in [5.74, 6) is 1.13. The second kappa shape index (κ2) is 36.3. The Labute approximate surface area is 278 Å². The SMILES string of the molecule is CCCC/C=C\C/C=C\CCCCCCCCC(CCCCCCCC/C=C\CCCCCCC)CC(=O)CCCN(C)C. The van der Waals surface area contributed by atoms with E-state index in [-0.39, 0.29) is 0 Å². The number of unbranched alkanes of at least 4 members (excludes halogenated alkanes) is 19. The molecule has 2 nitrogen and oxygen atoms in total. The van der Waals surface area contributed by atoms with Crippen LogP contribution >= 0.6 is 0 Å². The Morgan fingerprint density at radius 3 is 1.39 bits per heavy atom.